The minimum Gasteiger partial charge on any atom is -0.356 e. The Morgan fingerprint density at radius 2 is 1.78 bits per heavy atom. The zero-order valence-corrected chi connectivity index (χ0v) is 21.5. The molecule has 0 saturated carbocycles. The van der Waals surface area contributed by atoms with Gasteiger partial charge in [-0.2, -0.15) is 0 Å². The van der Waals surface area contributed by atoms with E-state index in [-0.39, 0.29) is 17.4 Å². The molecule has 5 rings (SSSR count). The molecule has 8 nitrogen and oxygen atoms in total. The van der Waals surface area contributed by atoms with Crippen LogP contribution in [0.2, 0.25) is 0 Å². The van der Waals surface area contributed by atoms with Crippen LogP contribution in [0.15, 0.2) is 89.9 Å². The summed E-state index contributed by atoms with van der Waals surface area (Å²) in [7, 11) is 0. The number of pyridine rings is 1. The number of carbonyl (C=O) groups is 2. The minimum absolute atomic E-state index is 0.0445. The maximum atomic E-state index is 12.8. The first-order valence-corrected chi connectivity index (χ1v) is 13.3. The van der Waals surface area contributed by atoms with E-state index in [1.54, 1.807) is 42.2 Å². The van der Waals surface area contributed by atoms with E-state index in [0.29, 0.717) is 16.9 Å². The van der Waals surface area contributed by atoms with E-state index < -0.39 is 0 Å². The number of amides is 3. The van der Waals surface area contributed by atoms with Gasteiger partial charge in [-0.25, -0.2) is 4.79 Å². The molecule has 1 atom stereocenters. The smallest absolute Gasteiger partial charge is 0.324 e. The number of urea groups is 1. The predicted molar refractivity (Wildman–Crippen MR) is 153 cm³/mol. The number of thioether (sulfide) groups is 1. The molecule has 10 heteroatoms. The molecule has 186 valence electrons. The van der Waals surface area contributed by atoms with E-state index >= 15 is 0 Å². The van der Waals surface area contributed by atoms with Crippen molar-refractivity contribution in [2.24, 2.45) is 0 Å². The van der Waals surface area contributed by atoms with Crippen LogP contribution in [0.25, 0.3) is 5.70 Å². The quantitative estimate of drug-likeness (QED) is 0.191. The highest BCUT2D eigenvalue weighted by atomic mass is 32.2. The molecule has 0 spiro atoms. The predicted octanol–water partition coefficient (Wildman–Crippen LogP) is 6.38. The molecule has 3 heterocycles. The van der Waals surface area contributed by atoms with Gasteiger partial charge in [0.2, 0.25) is 0 Å². The monoisotopic (exact) mass is 528 g/mol. The van der Waals surface area contributed by atoms with E-state index in [1.165, 1.54) is 11.3 Å². The molecule has 37 heavy (non-hydrogen) atoms. The molecule has 1 unspecified atom stereocenters. The van der Waals surface area contributed by atoms with Crippen molar-refractivity contribution in [3.63, 3.8) is 0 Å². The van der Waals surface area contributed by atoms with Crippen LogP contribution in [0, 0.1) is 6.92 Å². The van der Waals surface area contributed by atoms with Gasteiger partial charge in [-0.3, -0.25) is 15.1 Å². The van der Waals surface area contributed by atoms with Crippen molar-refractivity contribution in [2.45, 2.75) is 12.4 Å². The maximum absolute atomic E-state index is 12.8. The number of aryl methyl sites for hydroxylation is 1. The fourth-order valence-corrected chi connectivity index (χ4v) is 5.10. The van der Waals surface area contributed by atoms with E-state index in [1.807, 2.05) is 61.0 Å². The number of carbonyl (C=O) groups excluding carboxylic acids is 2. The zero-order chi connectivity index (χ0) is 25.6. The summed E-state index contributed by atoms with van der Waals surface area (Å²) in [5.74, 6) is -0.238. The molecule has 0 bridgehead atoms. The van der Waals surface area contributed by atoms with Crippen molar-refractivity contribution >= 4 is 62.8 Å². The van der Waals surface area contributed by atoms with Crippen LogP contribution >= 0.6 is 23.1 Å². The van der Waals surface area contributed by atoms with Crippen molar-refractivity contribution in [1.82, 2.24) is 10.3 Å². The summed E-state index contributed by atoms with van der Waals surface area (Å²) >= 11 is 3.08. The van der Waals surface area contributed by atoms with Crippen LogP contribution < -0.4 is 26.6 Å². The summed E-state index contributed by atoms with van der Waals surface area (Å²) in [6.45, 7) is 2.02. The minimum atomic E-state index is -0.336. The molecule has 0 saturated heterocycles. The van der Waals surface area contributed by atoms with Crippen LogP contribution in [0.4, 0.5) is 26.9 Å². The molecular formula is C27H24N6O2S2. The number of hydrogen-bond acceptors (Lipinski definition) is 7. The third kappa shape index (κ3) is 6.29. The second kappa shape index (κ2) is 11.2. The highest BCUT2D eigenvalue weighted by Gasteiger charge is 2.18. The summed E-state index contributed by atoms with van der Waals surface area (Å²) in [4.78, 5) is 29.1. The van der Waals surface area contributed by atoms with Crippen molar-refractivity contribution in [3.8, 4) is 0 Å². The zero-order valence-electron chi connectivity index (χ0n) is 19.8. The van der Waals surface area contributed by atoms with E-state index in [9.17, 15) is 9.59 Å². The van der Waals surface area contributed by atoms with Gasteiger partial charge >= 0.3 is 6.03 Å². The Bertz CT molecular complexity index is 1420. The van der Waals surface area contributed by atoms with E-state index in [0.717, 1.165) is 27.5 Å². The molecule has 1 aliphatic rings. The van der Waals surface area contributed by atoms with Gasteiger partial charge in [0.1, 0.15) is 5.50 Å². The molecule has 1 aliphatic heterocycles. The number of nitrogens with one attached hydrogen (secondary N) is 5. The Balaban J connectivity index is 1.17. The molecule has 0 radical (unpaired) electrons. The number of thiophene rings is 1. The number of hydrogen-bond donors (Lipinski definition) is 5. The van der Waals surface area contributed by atoms with Crippen LogP contribution in [0.5, 0.6) is 0 Å². The van der Waals surface area contributed by atoms with Crippen LogP contribution in [-0.4, -0.2) is 22.4 Å². The number of benzene rings is 2. The second-order valence-corrected chi connectivity index (χ2v) is 10.1. The normalized spacial score (nSPS) is 14.3. The summed E-state index contributed by atoms with van der Waals surface area (Å²) < 4.78 is 0. The Hall–Kier alpha value is -4.28. The van der Waals surface area contributed by atoms with Gasteiger partial charge in [-0.05, 0) is 83.9 Å². The lowest BCUT2D eigenvalue weighted by molar-refractivity contribution is 0.102. The number of nitrogens with zero attached hydrogens (tertiary/aromatic N) is 1. The van der Waals surface area contributed by atoms with Crippen molar-refractivity contribution in [1.29, 1.82) is 0 Å². The average molecular weight is 529 g/mol. The number of anilines is 4. The number of aromatic nitrogens is 1. The van der Waals surface area contributed by atoms with Crippen molar-refractivity contribution < 1.29 is 9.59 Å². The third-order valence-corrected chi connectivity index (χ3v) is 7.19. The Morgan fingerprint density at radius 1 is 0.946 bits per heavy atom. The van der Waals surface area contributed by atoms with Crippen LogP contribution in [0.3, 0.4) is 0 Å². The molecule has 2 aromatic carbocycles. The fraction of sp³-hybridized carbons (Fsp3) is 0.0741. The van der Waals surface area contributed by atoms with Gasteiger partial charge in [-0.1, -0.05) is 17.8 Å². The maximum Gasteiger partial charge on any atom is 0.324 e. The van der Waals surface area contributed by atoms with Gasteiger partial charge in [0.25, 0.3) is 5.91 Å². The largest absolute Gasteiger partial charge is 0.356 e. The Kier molecular flexibility index (Phi) is 7.38. The van der Waals surface area contributed by atoms with Gasteiger partial charge < -0.3 is 21.3 Å². The lowest BCUT2D eigenvalue weighted by atomic mass is 10.1. The van der Waals surface area contributed by atoms with Gasteiger partial charge in [0.15, 0.2) is 0 Å². The lowest BCUT2D eigenvalue weighted by Gasteiger charge is -2.18. The van der Waals surface area contributed by atoms with Crippen LogP contribution in [0.1, 0.15) is 21.5 Å². The summed E-state index contributed by atoms with van der Waals surface area (Å²) in [6.07, 6.45) is 3.58. The molecule has 0 aliphatic carbocycles. The molecule has 2 aromatic heterocycles. The molecule has 0 fully saturated rings. The summed E-state index contributed by atoms with van der Waals surface area (Å²) in [5.41, 5.74) is 5.73. The Labute approximate surface area is 222 Å². The summed E-state index contributed by atoms with van der Waals surface area (Å²) in [5, 5.41) is 20.1. The lowest BCUT2D eigenvalue weighted by Crippen LogP contribution is -2.28. The Morgan fingerprint density at radius 3 is 2.54 bits per heavy atom. The van der Waals surface area contributed by atoms with E-state index in [2.05, 4.69) is 37.0 Å². The van der Waals surface area contributed by atoms with Crippen molar-refractivity contribution in [2.75, 3.05) is 21.3 Å². The van der Waals surface area contributed by atoms with Gasteiger partial charge in [0, 0.05) is 40.6 Å². The number of rotatable bonds is 7. The average Bonchev–Trinajstić information content (AvgIpc) is 3.59. The first kappa shape index (κ1) is 24.4. The van der Waals surface area contributed by atoms with Gasteiger partial charge in [0.05, 0.1) is 10.7 Å². The first-order valence-electron chi connectivity index (χ1n) is 11.5. The third-order valence-electron chi connectivity index (χ3n) is 5.53. The fourth-order valence-electron chi connectivity index (χ4n) is 3.62. The SMILES string of the molecule is Cc1ccc(NC(=O)c2ccc(NC(=O)Nc3cccs3)cc2)cc1NC1NC(c2cccnc2)=CS1. The standard InChI is InChI=1S/C27H24N6O2S2/c1-17-6-9-21(14-22(17)31-27-32-23(16-37-27)19-4-2-12-28-15-19)29-25(34)18-7-10-20(11-8-18)30-26(35)33-24-5-3-13-36-24/h2-16,27,31-32H,1H3,(H,29,34)(H2,30,33,35). The highest BCUT2D eigenvalue weighted by molar-refractivity contribution is 8.03. The second-order valence-electron chi connectivity index (χ2n) is 8.20. The summed E-state index contributed by atoms with van der Waals surface area (Å²) in [6, 6.07) is 19.8. The molecule has 5 N–H and O–H groups in total. The molecule has 3 amide bonds. The van der Waals surface area contributed by atoms with Gasteiger partial charge in [-0.15, -0.1) is 11.3 Å². The van der Waals surface area contributed by atoms with Crippen molar-refractivity contribution in [3.05, 3.63) is 107 Å². The van der Waals surface area contributed by atoms with E-state index in [4.69, 9.17) is 0 Å². The van der Waals surface area contributed by atoms with Crippen LogP contribution in [-0.2, 0) is 0 Å². The topological polar surface area (TPSA) is 107 Å². The first-order chi connectivity index (χ1) is 18.0. The molecule has 4 aromatic rings. The molecular weight excluding hydrogens is 504 g/mol. The highest BCUT2D eigenvalue weighted by Crippen LogP contribution is 2.30.